The van der Waals surface area contributed by atoms with Crippen LogP contribution in [0.5, 0.6) is 0 Å². The standard InChI is InChI=1S/C21H36N4O3S/c1-21(2,3)18-7-9-19(10-8-18)25(29(5,27)28)17-20(26)22-11-6-12-24-15-13-23(4)14-16-24/h7-10H,6,11-17H2,1-5H3,(H,22,26). The van der Waals surface area contributed by atoms with Gasteiger partial charge in [-0.15, -0.1) is 0 Å². The second-order valence-corrected chi connectivity index (χ2v) is 10.8. The number of sulfonamides is 1. The Kier molecular flexibility index (Phi) is 8.08. The Balaban J connectivity index is 1.87. The topological polar surface area (TPSA) is 73.0 Å². The lowest BCUT2D eigenvalue weighted by Crippen LogP contribution is -2.45. The lowest BCUT2D eigenvalue weighted by Gasteiger charge is -2.32. The summed E-state index contributed by atoms with van der Waals surface area (Å²) in [7, 11) is -1.43. The van der Waals surface area contributed by atoms with Crippen LogP contribution < -0.4 is 9.62 Å². The van der Waals surface area contributed by atoms with Crippen molar-refractivity contribution in [1.29, 1.82) is 0 Å². The van der Waals surface area contributed by atoms with E-state index in [0.717, 1.165) is 55.3 Å². The highest BCUT2D eigenvalue weighted by Crippen LogP contribution is 2.25. The van der Waals surface area contributed by atoms with E-state index in [1.54, 1.807) is 12.1 Å². The average molecular weight is 425 g/mol. The van der Waals surface area contributed by atoms with E-state index in [9.17, 15) is 13.2 Å². The van der Waals surface area contributed by atoms with E-state index in [1.807, 2.05) is 12.1 Å². The minimum absolute atomic E-state index is 0.0183. The van der Waals surface area contributed by atoms with Gasteiger partial charge in [0, 0.05) is 32.7 Å². The minimum Gasteiger partial charge on any atom is -0.354 e. The molecule has 1 aliphatic rings. The quantitative estimate of drug-likeness (QED) is 0.641. The Bertz CT molecular complexity index is 764. The van der Waals surface area contributed by atoms with Gasteiger partial charge in [-0.25, -0.2) is 8.42 Å². The van der Waals surface area contributed by atoms with Gasteiger partial charge in [-0.2, -0.15) is 0 Å². The maximum Gasteiger partial charge on any atom is 0.240 e. The monoisotopic (exact) mass is 424 g/mol. The zero-order valence-electron chi connectivity index (χ0n) is 18.4. The number of nitrogens with zero attached hydrogens (tertiary/aromatic N) is 3. The van der Waals surface area contributed by atoms with E-state index in [-0.39, 0.29) is 17.9 Å². The normalized spacial score (nSPS) is 16.6. The van der Waals surface area contributed by atoms with Crippen LogP contribution in [0.1, 0.15) is 32.8 Å². The molecule has 0 radical (unpaired) electrons. The maximum atomic E-state index is 12.4. The smallest absolute Gasteiger partial charge is 0.240 e. The Labute approximate surface area is 176 Å². The summed E-state index contributed by atoms with van der Waals surface area (Å²) < 4.78 is 25.7. The number of carbonyl (C=O) groups excluding carboxylic acids is 1. The van der Waals surface area contributed by atoms with E-state index in [2.05, 4.69) is 42.9 Å². The van der Waals surface area contributed by atoms with Crippen LogP contribution in [0.4, 0.5) is 5.69 Å². The molecule has 2 rings (SSSR count). The van der Waals surface area contributed by atoms with E-state index in [0.29, 0.717) is 12.2 Å². The van der Waals surface area contributed by atoms with Gasteiger partial charge in [-0.05, 0) is 43.1 Å². The molecule has 0 spiro atoms. The van der Waals surface area contributed by atoms with Gasteiger partial charge < -0.3 is 15.1 Å². The average Bonchev–Trinajstić information content (AvgIpc) is 2.63. The number of carbonyl (C=O) groups is 1. The van der Waals surface area contributed by atoms with Crippen LogP contribution in [0.3, 0.4) is 0 Å². The molecule has 1 aliphatic heterocycles. The molecule has 1 saturated heterocycles. The third-order valence-electron chi connectivity index (χ3n) is 5.28. The summed E-state index contributed by atoms with van der Waals surface area (Å²) >= 11 is 0. The molecule has 1 heterocycles. The molecule has 0 unspecified atom stereocenters. The lowest BCUT2D eigenvalue weighted by molar-refractivity contribution is -0.119. The van der Waals surface area contributed by atoms with Crippen molar-refractivity contribution in [3.05, 3.63) is 29.8 Å². The number of anilines is 1. The number of likely N-dealkylation sites (N-methyl/N-ethyl adjacent to an activating group) is 1. The van der Waals surface area contributed by atoms with Gasteiger partial charge in [0.15, 0.2) is 0 Å². The number of rotatable bonds is 8. The van der Waals surface area contributed by atoms with Gasteiger partial charge in [0.05, 0.1) is 11.9 Å². The summed E-state index contributed by atoms with van der Waals surface area (Å²) in [4.78, 5) is 17.1. The first-order chi connectivity index (χ1) is 13.5. The maximum absolute atomic E-state index is 12.4. The van der Waals surface area contributed by atoms with Gasteiger partial charge in [-0.3, -0.25) is 9.10 Å². The zero-order valence-corrected chi connectivity index (χ0v) is 19.3. The zero-order chi connectivity index (χ0) is 21.7. The van der Waals surface area contributed by atoms with E-state index < -0.39 is 10.0 Å². The van der Waals surface area contributed by atoms with Crippen LogP contribution in [-0.4, -0.2) is 83.2 Å². The summed E-state index contributed by atoms with van der Waals surface area (Å²) in [6.45, 7) is 11.8. The molecule has 1 amide bonds. The molecule has 164 valence electrons. The fraction of sp³-hybridized carbons (Fsp3) is 0.667. The van der Waals surface area contributed by atoms with Crippen molar-refractivity contribution in [2.45, 2.75) is 32.6 Å². The second kappa shape index (κ2) is 9.91. The van der Waals surface area contributed by atoms with Crippen LogP contribution in [0.2, 0.25) is 0 Å². The van der Waals surface area contributed by atoms with Crippen LogP contribution in [-0.2, 0) is 20.2 Å². The van der Waals surface area contributed by atoms with Gasteiger partial charge in [0.25, 0.3) is 0 Å². The van der Waals surface area contributed by atoms with Crippen molar-refractivity contribution in [2.24, 2.45) is 0 Å². The minimum atomic E-state index is -3.55. The Hall–Kier alpha value is -1.64. The Morgan fingerprint density at radius 3 is 2.21 bits per heavy atom. The molecule has 0 aromatic heterocycles. The van der Waals surface area contributed by atoms with Crippen LogP contribution in [0.25, 0.3) is 0 Å². The highest BCUT2D eigenvalue weighted by Gasteiger charge is 2.22. The molecule has 1 aromatic rings. The molecular formula is C21H36N4O3S. The summed E-state index contributed by atoms with van der Waals surface area (Å²) in [6, 6.07) is 7.37. The van der Waals surface area contributed by atoms with E-state index in [4.69, 9.17) is 0 Å². The highest BCUT2D eigenvalue weighted by molar-refractivity contribution is 7.92. The van der Waals surface area contributed by atoms with Crippen LogP contribution in [0.15, 0.2) is 24.3 Å². The van der Waals surface area contributed by atoms with E-state index >= 15 is 0 Å². The molecule has 29 heavy (non-hydrogen) atoms. The third-order valence-corrected chi connectivity index (χ3v) is 6.42. The number of amides is 1. The largest absolute Gasteiger partial charge is 0.354 e. The predicted molar refractivity (Wildman–Crippen MR) is 119 cm³/mol. The van der Waals surface area contributed by atoms with Crippen molar-refractivity contribution in [1.82, 2.24) is 15.1 Å². The summed E-state index contributed by atoms with van der Waals surface area (Å²) in [5.74, 6) is -0.284. The molecule has 0 aliphatic carbocycles. The molecule has 8 heteroatoms. The lowest BCUT2D eigenvalue weighted by atomic mass is 9.87. The fourth-order valence-electron chi connectivity index (χ4n) is 3.32. The summed E-state index contributed by atoms with van der Waals surface area (Å²) in [6.07, 6.45) is 1.99. The summed E-state index contributed by atoms with van der Waals surface area (Å²) in [5.41, 5.74) is 1.60. The van der Waals surface area contributed by atoms with Gasteiger partial charge in [0.2, 0.25) is 15.9 Å². The Morgan fingerprint density at radius 1 is 1.10 bits per heavy atom. The third kappa shape index (κ3) is 7.60. The molecule has 7 nitrogen and oxygen atoms in total. The number of hydrogen-bond acceptors (Lipinski definition) is 5. The first kappa shape index (κ1) is 23.6. The Morgan fingerprint density at radius 2 is 1.69 bits per heavy atom. The molecule has 0 bridgehead atoms. The fourth-order valence-corrected chi connectivity index (χ4v) is 4.17. The highest BCUT2D eigenvalue weighted by atomic mass is 32.2. The van der Waals surface area contributed by atoms with Crippen LogP contribution in [0, 0.1) is 0 Å². The SMILES string of the molecule is CN1CCN(CCCNC(=O)CN(c2ccc(C(C)(C)C)cc2)S(C)(=O)=O)CC1. The molecule has 1 N–H and O–H groups in total. The molecule has 0 saturated carbocycles. The second-order valence-electron chi connectivity index (χ2n) is 8.91. The molecule has 1 aromatic carbocycles. The van der Waals surface area contributed by atoms with Gasteiger partial charge >= 0.3 is 0 Å². The van der Waals surface area contributed by atoms with Gasteiger partial charge in [0.1, 0.15) is 6.54 Å². The van der Waals surface area contributed by atoms with Crippen molar-refractivity contribution in [3.8, 4) is 0 Å². The van der Waals surface area contributed by atoms with Gasteiger partial charge in [-0.1, -0.05) is 32.9 Å². The number of benzene rings is 1. The molecular weight excluding hydrogens is 388 g/mol. The van der Waals surface area contributed by atoms with Crippen molar-refractivity contribution in [2.75, 3.05) is 63.4 Å². The molecule has 1 fully saturated rings. The number of piperazine rings is 1. The number of hydrogen-bond donors (Lipinski definition) is 1. The molecule has 0 atom stereocenters. The number of nitrogens with one attached hydrogen (secondary N) is 1. The van der Waals surface area contributed by atoms with Crippen molar-refractivity contribution >= 4 is 21.6 Å². The van der Waals surface area contributed by atoms with E-state index in [1.165, 1.54) is 0 Å². The first-order valence-corrected chi connectivity index (χ1v) is 12.1. The summed E-state index contributed by atoms with van der Waals surface area (Å²) in [5, 5.41) is 2.86. The van der Waals surface area contributed by atoms with Crippen LogP contribution >= 0.6 is 0 Å². The van der Waals surface area contributed by atoms with Crippen molar-refractivity contribution in [3.63, 3.8) is 0 Å². The predicted octanol–water partition coefficient (Wildman–Crippen LogP) is 1.50. The first-order valence-electron chi connectivity index (χ1n) is 10.2. The van der Waals surface area contributed by atoms with Crippen molar-refractivity contribution < 1.29 is 13.2 Å².